The van der Waals surface area contributed by atoms with Crippen LogP contribution < -0.4 is 21.2 Å². The number of amides is 7. The molecule has 1 aromatic carbocycles. The lowest BCUT2D eigenvalue weighted by atomic mass is 10.1. The van der Waals surface area contributed by atoms with Crippen LogP contribution in [-0.2, 0) is 29.4 Å². The van der Waals surface area contributed by atoms with Crippen LogP contribution in [0.15, 0.2) is 34.9 Å². The van der Waals surface area contributed by atoms with E-state index in [4.69, 9.17) is 10.6 Å². The lowest BCUT2D eigenvalue weighted by Crippen LogP contribution is -2.68. The molecule has 2 saturated heterocycles. The number of nitrogens with two attached hydrogens (primary N) is 1. The number of nitrogens with one attached hydrogen (secondary N) is 3. The highest BCUT2D eigenvalue weighted by atomic mass is 32.2. The van der Waals surface area contributed by atoms with E-state index in [2.05, 4.69) is 25.9 Å². The molecule has 0 bridgehead atoms. The molecule has 8 N–H and O–H groups in total. The number of hydrogen-bond donors (Lipinski definition) is 7. The summed E-state index contributed by atoms with van der Waals surface area (Å²) in [5.74, 6) is -5.26. The van der Waals surface area contributed by atoms with E-state index in [1.165, 1.54) is 43.6 Å². The van der Waals surface area contributed by atoms with E-state index in [9.17, 15) is 52.5 Å². The molecule has 4 heterocycles. The molecule has 0 spiro atoms. The number of aliphatic carboxylic acids is 1. The first-order chi connectivity index (χ1) is 23.4. The molecule has 2 aromatic heterocycles. The highest BCUT2D eigenvalue weighted by Gasteiger charge is 2.46. The molecule has 2 fully saturated rings. The molecule has 2 aliphatic rings. The number of anilines is 1. The summed E-state index contributed by atoms with van der Waals surface area (Å²) in [7, 11) is -4.90. The smallest absolute Gasteiger partial charge is 0.353 e. The van der Waals surface area contributed by atoms with Gasteiger partial charge in [-0.2, -0.15) is 8.42 Å². The van der Waals surface area contributed by atoms with E-state index in [1.54, 1.807) is 4.72 Å². The number of fused-ring (bicyclic) bond motifs is 1. The maximum absolute atomic E-state index is 13.0. The van der Waals surface area contributed by atoms with E-state index < -0.39 is 87.9 Å². The molecule has 0 saturated carbocycles. The van der Waals surface area contributed by atoms with Gasteiger partial charge in [-0.1, -0.05) is 5.16 Å². The number of nitrogen functional groups attached to an aromatic ring is 1. The van der Waals surface area contributed by atoms with Gasteiger partial charge in [-0.15, -0.1) is 11.3 Å². The molecule has 264 valence electrons. The first kappa shape index (κ1) is 35.0. The molecule has 2 aliphatic heterocycles. The lowest BCUT2D eigenvalue weighted by molar-refractivity contribution is -0.161. The van der Waals surface area contributed by atoms with Gasteiger partial charge in [0.25, 0.3) is 17.7 Å². The molecule has 7 amide bonds. The SMILES string of the molecule is CC(C)(ON=C(C(=O)N[C@H]1CN(C(=O)NS(=O)(=O)N2CCN(NC(=O)c3cc4cc(O)c(O)cc4cn3)C2=O)C1=O)c1csc(N)n1)C(=O)O. The summed E-state index contributed by atoms with van der Waals surface area (Å²) >= 11 is 0.932. The van der Waals surface area contributed by atoms with E-state index in [1.807, 2.05) is 0 Å². The minimum atomic E-state index is -4.90. The van der Waals surface area contributed by atoms with Gasteiger partial charge in [0.15, 0.2) is 22.3 Å². The number of carbonyl (C=O) groups excluding carboxylic acids is 5. The van der Waals surface area contributed by atoms with Crippen molar-refractivity contribution in [2.45, 2.75) is 25.5 Å². The zero-order valence-corrected chi connectivity index (χ0v) is 27.3. The number of carbonyl (C=O) groups is 6. The molecule has 0 unspecified atom stereocenters. The zero-order chi connectivity index (χ0) is 36.7. The fourth-order valence-electron chi connectivity index (χ4n) is 4.28. The van der Waals surface area contributed by atoms with Gasteiger partial charge in [-0.25, -0.2) is 33.4 Å². The molecule has 0 radical (unpaired) electrons. The van der Waals surface area contributed by atoms with Crippen LogP contribution in [0.5, 0.6) is 11.5 Å². The summed E-state index contributed by atoms with van der Waals surface area (Å²) in [6.07, 6.45) is 1.23. The zero-order valence-electron chi connectivity index (χ0n) is 25.7. The van der Waals surface area contributed by atoms with Gasteiger partial charge < -0.3 is 31.2 Å². The van der Waals surface area contributed by atoms with Gasteiger partial charge >= 0.3 is 28.2 Å². The van der Waals surface area contributed by atoms with Crippen molar-refractivity contribution in [3.05, 3.63) is 41.2 Å². The summed E-state index contributed by atoms with van der Waals surface area (Å²) in [6, 6.07) is -0.370. The molecule has 22 nitrogen and oxygen atoms in total. The second-order valence-electron chi connectivity index (χ2n) is 11.0. The van der Waals surface area contributed by atoms with Crippen LogP contribution in [-0.4, -0.2) is 121 Å². The maximum atomic E-state index is 13.0. The summed E-state index contributed by atoms with van der Waals surface area (Å²) in [4.78, 5) is 88.6. The van der Waals surface area contributed by atoms with Crippen LogP contribution in [0.25, 0.3) is 10.8 Å². The minimum Gasteiger partial charge on any atom is -0.504 e. The monoisotopic (exact) mass is 734 g/mol. The Balaban J connectivity index is 1.17. The Morgan fingerprint density at radius 1 is 1.08 bits per heavy atom. The molecule has 0 aliphatic carbocycles. The lowest BCUT2D eigenvalue weighted by Gasteiger charge is -2.36. The van der Waals surface area contributed by atoms with Gasteiger partial charge in [0, 0.05) is 17.0 Å². The van der Waals surface area contributed by atoms with Gasteiger partial charge in [0.2, 0.25) is 5.60 Å². The van der Waals surface area contributed by atoms with Crippen molar-refractivity contribution in [3.8, 4) is 11.5 Å². The Bertz CT molecular complexity index is 2100. The third-order valence-electron chi connectivity index (χ3n) is 7.10. The number of pyridine rings is 1. The molecule has 24 heteroatoms. The van der Waals surface area contributed by atoms with Crippen molar-refractivity contribution in [2.75, 3.05) is 25.4 Å². The first-order valence-electron chi connectivity index (χ1n) is 14.0. The molecular weight excluding hydrogens is 708 g/mol. The number of hydrogen-bond acceptors (Lipinski definition) is 16. The van der Waals surface area contributed by atoms with Gasteiger partial charge in [0.05, 0.1) is 19.6 Å². The second-order valence-corrected chi connectivity index (χ2v) is 13.5. The summed E-state index contributed by atoms with van der Waals surface area (Å²) in [5, 5.41) is 37.2. The quantitative estimate of drug-likeness (QED) is 0.0547. The number of urea groups is 2. The number of carboxylic acid groups (broad SMARTS) is 1. The van der Waals surface area contributed by atoms with E-state index >= 15 is 0 Å². The molecule has 50 heavy (non-hydrogen) atoms. The third kappa shape index (κ3) is 6.95. The number of aromatic hydroxyl groups is 2. The number of hydrazine groups is 1. The Hall–Kier alpha value is -6.30. The minimum absolute atomic E-state index is 0.0372. The maximum Gasteiger partial charge on any atom is 0.353 e. The number of imide groups is 1. The first-order valence-corrected chi connectivity index (χ1v) is 16.3. The van der Waals surface area contributed by atoms with Crippen LogP contribution in [0.3, 0.4) is 0 Å². The normalized spacial score (nSPS) is 16.6. The van der Waals surface area contributed by atoms with E-state index in [0.29, 0.717) is 20.7 Å². The van der Waals surface area contributed by atoms with Crippen LogP contribution >= 0.6 is 11.3 Å². The number of oxime groups is 1. The number of likely N-dealkylation sites (tertiary alicyclic amines) is 1. The number of nitrogens with zero attached hydrogens (tertiary/aromatic N) is 6. The Labute approximate surface area is 284 Å². The van der Waals surface area contributed by atoms with Crippen molar-refractivity contribution < 1.29 is 57.3 Å². The highest BCUT2D eigenvalue weighted by molar-refractivity contribution is 7.88. The van der Waals surface area contributed by atoms with Gasteiger partial charge in [0.1, 0.15) is 17.4 Å². The third-order valence-corrected chi connectivity index (χ3v) is 9.13. The van der Waals surface area contributed by atoms with Crippen LogP contribution in [0, 0.1) is 0 Å². The average Bonchev–Trinajstić information content (AvgIpc) is 3.63. The van der Waals surface area contributed by atoms with E-state index in [-0.39, 0.29) is 27.4 Å². The second kappa shape index (κ2) is 13.0. The largest absolute Gasteiger partial charge is 0.504 e. The molecule has 1 atom stereocenters. The molecule has 5 rings (SSSR count). The number of phenolic OH excluding ortho intramolecular Hbond substituents is 2. The number of β-lactam (4-membered cyclic amide) rings is 1. The van der Waals surface area contributed by atoms with Crippen molar-refractivity contribution in [3.63, 3.8) is 0 Å². The Morgan fingerprint density at radius 2 is 1.76 bits per heavy atom. The fraction of sp³-hybridized carbons (Fsp3) is 0.269. The highest BCUT2D eigenvalue weighted by Crippen LogP contribution is 2.30. The van der Waals surface area contributed by atoms with Crippen LogP contribution in [0.2, 0.25) is 0 Å². The number of rotatable bonds is 10. The van der Waals surface area contributed by atoms with Gasteiger partial charge in [-0.05, 0) is 37.4 Å². The number of benzene rings is 1. The van der Waals surface area contributed by atoms with Gasteiger partial charge in [-0.3, -0.25) is 29.7 Å². The molecule has 3 aromatic rings. The van der Waals surface area contributed by atoms with Crippen molar-refractivity contribution >= 4 is 78.9 Å². The van der Waals surface area contributed by atoms with E-state index in [0.717, 1.165) is 11.3 Å². The predicted octanol–water partition coefficient (Wildman–Crippen LogP) is -1.37. The predicted molar refractivity (Wildman–Crippen MR) is 168 cm³/mol. The summed E-state index contributed by atoms with van der Waals surface area (Å²) in [5.41, 5.74) is 5.10. The summed E-state index contributed by atoms with van der Waals surface area (Å²) < 4.78 is 27.6. The van der Waals surface area contributed by atoms with Crippen LogP contribution in [0.1, 0.15) is 30.0 Å². The Morgan fingerprint density at radius 3 is 2.38 bits per heavy atom. The summed E-state index contributed by atoms with van der Waals surface area (Å²) in [6.45, 7) is 0.986. The number of phenols is 2. The Kier molecular flexibility index (Phi) is 9.07. The number of aromatic nitrogens is 2. The fourth-order valence-corrected chi connectivity index (χ4v) is 5.90. The number of thiazole rings is 1. The standard InChI is InChI=1S/C26H26N10O12S2/c1-26(2,22(42)43)48-32-18(15-10-49-23(27)30-15)20(40)29-14-9-34(21(14)41)24(44)33-50(46,47)36-4-3-35(25(36)45)31-19(39)13-5-11-6-16(37)17(38)7-12(11)8-28-13/h5-8,10,14,37-38H,3-4,9H2,1-2H3,(H2,27,30)(H,29,40)(H,31,39)(H,33,44)(H,42,43)/t14-/m0/s1. The average molecular weight is 735 g/mol. The van der Waals surface area contributed by atoms with Crippen molar-refractivity contribution in [1.82, 2.24) is 39.6 Å². The topological polar surface area (TPSA) is 316 Å². The van der Waals surface area contributed by atoms with Crippen LogP contribution in [0.4, 0.5) is 14.7 Å². The van der Waals surface area contributed by atoms with Crippen molar-refractivity contribution in [2.24, 2.45) is 5.16 Å². The number of carboxylic acids is 1. The molecular formula is C26H26N10O12S2. The van der Waals surface area contributed by atoms with Crippen molar-refractivity contribution in [1.29, 1.82) is 0 Å².